The van der Waals surface area contributed by atoms with E-state index in [0.717, 1.165) is 16.5 Å². The van der Waals surface area contributed by atoms with Gasteiger partial charge in [-0.05, 0) is 42.5 Å². The van der Waals surface area contributed by atoms with E-state index in [9.17, 15) is 22.8 Å². The first-order valence-corrected chi connectivity index (χ1v) is 9.74. The maximum atomic E-state index is 13.1. The molecule has 0 fully saturated rings. The summed E-state index contributed by atoms with van der Waals surface area (Å²) in [6, 6.07) is 7.09. The molecule has 0 bridgehead atoms. The second-order valence-electron chi connectivity index (χ2n) is 7.07. The first-order chi connectivity index (χ1) is 13.2. The molecule has 8 heteroatoms. The Morgan fingerprint density at radius 2 is 1.96 bits per heavy atom. The molecule has 2 aromatic rings. The Balaban J connectivity index is 1.65. The molecule has 1 aliphatic carbocycles. The smallest absolute Gasteiger partial charge is 0.352 e. The minimum absolute atomic E-state index is 0.0502. The third-order valence-electron chi connectivity index (χ3n) is 4.85. The summed E-state index contributed by atoms with van der Waals surface area (Å²) in [5.41, 5.74) is 0.303. The largest absolute Gasteiger partial charge is 0.416 e. The van der Waals surface area contributed by atoms with Crippen molar-refractivity contribution in [1.82, 2.24) is 10.2 Å². The number of hydrogen-bond acceptors (Lipinski definition) is 3. The van der Waals surface area contributed by atoms with Crippen molar-refractivity contribution in [1.29, 1.82) is 0 Å². The van der Waals surface area contributed by atoms with Gasteiger partial charge < -0.3 is 10.2 Å². The van der Waals surface area contributed by atoms with Crippen LogP contribution in [0.4, 0.5) is 13.2 Å². The SMILES string of the molecule is CN(C)C(=O)c1cc2c(s1)CCC(C(=O)NCc1ccccc1C(F)(F)F)C2. The average molecular weight is 410 g/mol. The lowest BCUT2D eigenvalue weighted by Gasteiger charge is -2.22. The summed E-state index contributed by atoms with van der Waals surface area (Å²) in [5, 5.41) is 2.65. The zero-order valence-electron chi connectivity index (χ0n) is 15.6. The molecule has 0 radical (unpaired) electrons. The fourth-order valence-corrected chi connectivity index (χ4v) is 4.58. The van der Waals surface area contributed by atoms with Crippen LogP contribution in [0.25, 0.3) is 0 Å². The Morgan fingerprint density at radius 1 is 1.25 bits per heavy atom. The molecular weight excluding hydrogens is 389 g/mol. The number of carbonyl (C=O) groups is 2. The van der Waals surface area contributed by atoms with Crippen LogP contribution < -0.4 is 5.32 Å². The first-order valence-electron chi connectivity index (χ1n) is 8.93. The highest BCUT2D eigenvalue weighted by atomic mass is 32.1. The minimum atomic E-state index is -4.45. The van der Waals surface area contributed by atoms with Gasteiger partial charge in [0.25, 0.3) is 5.91 Å². The van der Waals surface area contributed by atoms with Gasteiger partial charge in [-0.3, -0.25) is 9.59 Å². The predicted molar refractivity (Wildman–Crippen MR) is 101 cm³/mol. The van der Waals surface area contributed by atoms with E-state index in [1.807, 2.05) is 6.07 Å². The fraction of sp³-hybridized carbons (Fsp3) is 0.400. The Morgan fingerprint density at radius 3 is 2.64 bits per heavy atom. The second kappa shape index (κ2) is 7.95. The van der Waals surface area contributed by atoms with Gasteiger partial charge in [0.2, 0.25) is 5.91 Å². The average Bonchev–Trinajstić information content (AvgIpc) is 3.08. The lowest BCUT2D eigenvalue weighted by atomic mass is 9.87. The van der Waals surface area contributed by atoms with Crippen molar-refractivity contribution in [3.63, 3.8) is 0 Å². The van der Waals surface area contributed by atoms with Gasteiger partial charge in [0, 0.05) is 31.4 Å². The maximum Gasteiger partial charge on any atom is 0.416 e. The molecule has 1 aliphatic rings. The Labute approximate surface area is 165 Å². The highest BCUT2D eigenvalue weighted by Gasteiger charge is 2.33. The van der Waals surface area contributed by atoms with Crippen LogP contribution in [0, 0.1) is 5.92 Å². The van der Waals surface area contributed by atoms with E-state index < -0.39 is 11.7 Å². The number of carbonyl (C=O) groups excluding carboxylic acids is 2. The van der Waals surface area contributed by atoms with Crippen LogP contribution in [0.2, 0.25) is 0 Å². The van der Waals surface area contributed by atoms with Crippen LogP contribution in [0.1, 0.15) is 37.7 Å². The quantitative estimate of drug-likeness (QED) is 0.832. The number of hydrogen-bond donors (Lipinski definition) is 1. The van der Waals surface area contributed by atoms with Crippen molar-refractivity contribution in [3.8, 4) is 0 Å². The molecule has 2 amide bonds. The summed E-state index contributed by atoms with van der Waals surface area (Å²) in [6.45, 7) is -0.161. The maximum absolute atomic E-state index is 13.1. The van der Waals surface area contributed by atoms with E-state index in [2.05, 4.69) is 5.32 Å². The molecule has 28 heavy (non-hydrogen) atoms. The molecule has 1 atom stereocenters. The van der Waals surface area contributed by atoms with Crippen molar-refractivity contribution in [2.24, 2.45) is 5.92 Å². The molecule has 150 valence electrons. The van der Waals surface area contributed by atoms with Gasteiger partial charge in [-0.1, -0.05) is 18.2 Å². The standard InChI is InChI=1S/C20H21F3N2O2S/c1-25(2)19(27)17-10-14-9-12(7-8-16(14)28-17)18(26)24-11-13-5-3-4-6-15(13)20(21,22)23/h3-6,10,12H,7-9,11H2,1-2H3,(H,24,26). The van der Waals surface area contributed by atoms with E-state index in [-0.39, 0.29) is 29.8 Å². The molecule has 1 aromatic heterocycles. The van der Waals surface area contributed by atoms with E-state index in [4.69, 9.17) is 0 Å². The third kappa shape index (κ3) is 4.38. The van der Waals surface area contributed by atoms with E-state index in [1.54, 1.807) is 14.1 Å². The number of halogens is 3. The van der Waals surface area contributed by atoms with Gasteiger partial charge in [0.1, 0.15) is 0 Å². The summed E-state index contributed by atoms with van der Waals surface area (Å²) in [5.74, 6) is -0.624. The molecule has 1 heterocycles. The molecule has 1 aromatic carbocycles. The summed E-state index contributed by atoms with van der Waals surface area (Å²) >= 11 is 1.45. The minimum Gasteiger partial charge on any atom is -0.352 e. The van der Waals surface area contributed by atoms with E-state index in [1.165, 1.54) is 34.4 Å². The molecular formula is C20H21F3N2O2S. The Bertz CT molecular complexity index is 890. The van der Waals surface area contributed by atoms with Gasteiger partial charge in [-0.15, -0.1) is 11.3 Å². The molecule has 4 nitrogen and oxygen atoms in total. The second-order valence-corrected chi connectivity index (χ2v) is 8.21. The van der Waals surface area contributed by atoms with Crippen LogP contribution in [0.5, 0.6) is 0 Å². The molecule has 1 N–H and O–H groups in total. The van der Waals surface area contributed by atoms with Gasteiger partial charge in [0.05, 0.1) is 10.4 Å². The zero-order valence-corrected chi connectivity index (χ0v) is 16.4. The number of fused-ring (bicyclic) bond motifs is 1. The van der Waals surface area contributed by atoms with Crippen LogP contribution in [0.3, 0.4) is 0 Å². The van der Waals surface area contributed by atoms with Crippen molar-refractivity contribution in [2.75, 3.05) is 14.1 Å². The Kier molecular flexibility index (Phi) is 5.79. The monoisotopic (exact) mass is 410 g/mol. The number of amides is 2. The molecule has 3 rings (SSSR count). The number of nitrogens with zero attached hydrogens (tertiary/aromatic N) is 1. The lowest BCUT2D eigenvalue weighted by molar-refractivity contribution is -0.138. The highest BCUT2D eigenvalue weighted by molar-refractivity contribution is 7.14. The number of aryl methyl sites for hydroxylation is 1. The van der Waals surface area contributed by atoms with E-state index >= 15 is 0 Å². The van der Waals surface area contributed by atoms with Gasteiger partial charge >= 0.3 is 6.18 Å². The van der Waals surface area contributed by atoms with Crippen LogP contribution >= 0.6 is 11.3 Å². The third-order valence-corrected chi connectivity index (χ3v) is 6.07. The zero-order chi connectivity index (χ0) is 20.5. The predicted octanol–water partition coefficient (Wildman–Crippen LogP) is 3.89. The van der Waals surface area contributed by atoms with Crippen LogP contribution in [-0.2, 0) is 30.4 Å². The normalized spacial score (nSPS) is 16.4. The van der Waals surface area contributed by atoms with Gasteiger partial charge in [0.15, 0.2) is 0 Å². The summed E-state index contributed by atoms with van der Waals surface area (Å²) in [7, 11) is 3.38. The van der Waals surface area contributed by atoms with Gasteiger partial charge in [-0.2, -0.15) is 13.2 Å². The molecule has 1 unspecified atom stereocenters. The summed E-state index contributed by atoms with van der Waals surface area (Å²) in [4.78, 5) is 27.9. The topological polar surface area (TPSA) is 49.4 Å². The van der Waals surface area contributed by atoms with Crippen molar-refractivity contribution in [3.05, 3.63) is 56.8 Å². The van der Waals surface area contributed by atoms with Crippen LogP contribution in [-0.4, -0.2) is 30.8 Å². The number of rotatable bonds is 4. The number of thiophene rings is 1. The lowest BCUT2D eigenvalue weighted by Crippen LogP contribution is -2.33. The molecule has 0 saturated heterocycles. The highest BCUT2D eigenvalue weighted by Crippen LogP contribution is 2.34. The van der Waals surface area contributed by atoms with Crippen molar-refractivity contribution in [2.45, 2.75) is 32.0 Å². The molecule has 0 spiro atoms. The summed E-state index contributed by atoms with van der Waals surface area (Å²) in [6.07, 6.45) is -2.64. The fourth-order valence-electron chi connectivity index (χ4n) is 3.35. The first kappa shape index (κ1) is 20.4. The Hall–Kier alpha value is -2.35. The molecule has 0 saturated carbocycles. The van der Waals surface area contributed by atoms with Crippen molar-refractivity contribution >= 4 is 23.2 Å². The van der Waals surface area contributed by atoms with Crippen LogP contribution in [0.15, 0.2) is 30.3 Å². The summed E-state index contributed by atoms with van der Waals surface area (Å²) < 4.78 is 39.2. The van der Waals surface area contributed by atoms with Crippen molar-refractivity contribution < 1.29 is 22.8 Å². The number of nitrogens with one attached hydrogen (secondary N) is 1. The van der Waals surface area contributed by atoms with Gasteiger partial charge in [-0.25, -0.2) is 0 Å². The number of benzene rings is 1. The van der Waals surface area contributed by atoms with E-state index in [0.29, 0.717) is 24.1 Å². The molecule has 0 aliphatic heterocycles. The number of alkyl halides is 3.